The van der Waals surface area contributed by atoms with E-state index in [-0.39, 0.29) is 6.15 Å². The molecule has 0 aromatic heterocycles. The summed E-state index contributed by atoms with van der Waals surface area (Å²) in [6.07, 6.45) is 21.8. The first-order valence-corrected chi connectivity index (χ1v) is 10.5. The highest BCUT2D eigenvalue weighted by atomic mass is 79.9. The van der Waals surface area contributed by atoms with Gasteiger partial charge in [0.2, 0.25) is 4.70 Å². The van der Waals surface area contributed by atoms with Gasteiger partial charge in [0, 0.05) is 6.42 Å². The second-order valence-electron chi connectivity index (χ2n) is 6.77. The van der Waals surface area contributed by atoms with Gasteiger partial charge in [-0.15, -0.1) is 0 Å². The maximum atomic E-state index is 9.11. The average molecular weight is 396 g/mol. The van der Waals surface area contributed by atoms with Crippen LogP contribution in [0.3, 0.4) is 0 Å². The molecule has 3 nitrogen and oxygen atoms in total. The van der Waals surface area contributed by atoms with E-state index in [1.807, 2.05) is 0 Å². The van der Waals surface area contributed by atoms with E-state index in [0.29, 0.717) is 6.42 Å². The van der Waals surface area contributed by atoms with E-state index in [2.05, 4.69) is 22.9 Å². The van der Waals surface area contributed by atoms with Gasteiger partial charge >= 0.3 is 0 Å². The van der Waals surface area contributed by atoms with E-state index in [9.17, 15) is 0 Å². The third kappa shape index (κ3) is 24.7. The fourth-order valence-corrected chi connectivity index (χ4v) is 3.18. The standard InChI is InChI=1S/C19H39BrO2.H3N/c1-2-3-4-5-6-7-8-9-10-11-12-13-14-15-16-17-18-19(20,21)22;/h21-22H,2-18H2,1H3;1H3. The summed E-state index contributed by atoms with van der Waals surface area (Å²) < 4.78 is -1.65. The molecule has 142 valence electrons. The Morgan fingerprint density at radius 2 is 0.826 bits per heavy atom. The highest BCUT2D eigenvalue weighted by Gasteiger charge is 2.15. The first-order valence-electron chi connectivity index (χ1n) is 9.70. The van der Waals surface area contributed by atoms with Crippen LogP contribution in [0.2, 0.25) is 0 Å². The summed E-state index contributed by atoms with van der Waals surface area (Å²) in [6, 6.07) is 0. The number of unbranched alkanes of at least 4 members (excludes halogenated alkanes) is 15. The molecule has 0 saturated heterocycles. The molecule has 0 amide bonds. The molecular formula is C19H42BrNO2. The van der Waals surface area contributed by atoms with Crippen molar-refractivity contribution in [1.82, 2.24) is 6.15 Å². The molecule has 0 unspecified atom stereocenters. The molecule has 0 aliphatic rings. The largest absolute Gasteiger partial charge is 0.357 e. The zero-order valence-electron chi connectivity index (χ0n) is 15.5. The molecule has 0 aromatic carbocycles. The van der Waals surface area contributed by atoms with Crippen LogP contribution in [0.4, 0.5) is 0 Å². The topological polar surface area (TPSA) is 75.5 Å². The lowest BCUT2D eigenvalue weighted by Crippen LogP contribution is -2.17. The lowest BCUT2D eigenvalue weighted by Gasteiger charge is -2.12. The van der Waals surface area contributed by atoms with Gasteiger partial charge in [-0.1, -0.05) is 103 Å². The highest BCUT2D eigenvalue weighted by molar-refractivity contribution is 9.09. The number of aliphatic hydroxyl groups is 2. The van der Waals surface area contributed by atoms with E-state index >= 15 is 0 Å². The van der Waals surface area contributed by atoms with Crippen molar-refractivity contribution in [2.75, 3.05) is 0 Å². The van der Waals surface area contributed by atoms with Crippen LogP contribution >= 0.6 is 15.9 Å². The van der Waals surface area contributed by atoms with Crippen LogP contribution in [0, 0.1) is 0 Å². The second kappa shape index (κ2) is 18.7. The van der Waals surface area contributed by atoms with Crippen molar-refractivity contribution in [2.24, 2.45) is 0 Å². The second-order valence-corrected chi connectivity index (χ2v) is 8.04. The van der Waals surface area contributed by atoms with Crippen molar-refractivity contribution in [3.8, 4) is 0 Å². The molecule has 0 saturated carbocycles. The predicted molar refractivity (Wildman–Crippen MR) is 105 cm³/mol. The van der Waals surface area contributed by atoms with Crippen molar-refractivity contribution in [1.29, 1.82) is 0 Å². The first kappa shape index (κ1) is 25.6. The van der Waals surface area contributed by atoms with Crippen molar-refractivity contribution in [3.63, 3.8) is 0 Å². The Labute approximate surface area is 153 Å². The summed E-state index contributed by atoms with van der Waals surface area (Å²) in [4.78, 5) is 0. The van der Waals surface area contributed by atoms with Crippen molar-refractivity contribution in [2.45, 2.75) is 121 Å². The smallest absolute Gasteiger partial charge is 0.221 e. The van der Waals surface area contributed by atoms with E-state index in [0.717, 1.165) is 12.8 Å². The fourth-order valence-electron chi connectivity index (χ4n) is 2.90. The minimum absolute atomic E-state index is 0. The molecule has 0 rings (SSSR count). The molecule has 23 heavy (non-hydrogen) atoms. The van der Waals surface area contributed by atoms with Gasteiger partial charge in [-0.3, -0.25) is 0 Å². The Morgan fingerprint density at radius 1 is 0.565 bits per heavy atom. The molecule has 5 N–H and O–H groups in total. The highest BCUT2D eigenvalue weighted by Crippen LogP contribution is 2.19. The van der Waals surface area contributed by atoms with Gasteiger partial charge in [0.05, 0.1) is 0 Å². The fraction of sp³-hybridized carbons (Fsp3) is 1.00. The van der Waals surface area contributed by atoms with E-state index in [1.54, 1.807) is 0 Å². The quantitative estimate of drug-likeness (QED) is 0.143. The van der Waals surface area contributed by atoms with Crippen LogP contribution < -0.4 is 6.15 Å². The summed E-state index contributed by atoms with van der Waals surface area (Å²) in [6.45, 7) is 2.28. The molecule has 0 aliphatic carbocycles. The SMILES string of the molecule is CCCCCCCCCCCCCCCCCCC(O)(O)Br.N. The molecule has 0 bridgehead atoms. The van der Waals surface area contributed by atoms with Crippen LogP contribution in [0.15, 0.2) is 0 Å². The Hall–Kier alpha value is 0.360. The molecular weight excluding hydrogens is 354 g/mol. The van der Waals surface area contributed by atoms with E-state index in [1.165, 1.54) is 89.9 Å². The molecule has 0 atom stereocenters. The van der Waals surface area contributed by atoms with Crippen molar-refractivity contribution < 1.29 is 10.2 Å². The zero-order chi connectivity index (χ0) is 16.5. The Bertz CT molecular complexity index is 220. The van der Waals surface area contributed by atoms with Gasteiger partial charge in [-0.05, 0) is 22.4 Å². The summed E-state index contributed by atoms with van der Waals surface area (Å²) in [5, 5.41) is 18.2. The van der Waals surface area contributed by atoms with Crippen LogP contribution in [0.25, 0.3) is 0 Å². The third-order valence-corrected chi connectivity index (χ3v) is 4.74. The zero-order valence-corrected chi connectivity index (χ0v) is 17.1. The number of hydrogen-bond donors (Lipinski definition) is 3. The van der Waals surface area contributed by atoms with Gasteiger partial charge in [0.15, 0.2) is 0 Å². The average Bonchev–Trinajstić information content (AvgIpc) is 2.45. The van der Waals surface area contributed by atoms with Crippen LogP contribution in [0.1, 0.15) is 116 Å². The maximum absolute atomic E-state index is 9.11. The van der Waals surface area contributed by atoms with Crippen LogP contribution in [0.5, 0.6) is 0 Å². The first-order chi connectivity index (χ1) is 10.6. The number of halogens is 1. The third-order valence-electron chi connectivity index (χ3n) is 4.35. The number of rotatable bonds is 17. The Kier molecular flexibility index (Phi) is 20.8. The minimum Gasteiger partial charge on any atom is -0.357 e. The number of alkyl halides is 1. The summed E-state index contributed by atoms with van der Waals surface area (Å²) in [5.41, 5.74) is 0. The summed E-state index contributed by atoms with van der Waals surface area (Å²) in [7, 11) is 0. The van der Waals surface area contributed by atoms with Crippen molar-refractivity contribution in [3.05, 3.63) is 0 Å². The summed E-state index contributed by atoms with van der Waals surface area (Å²) in [5.74, 6) is 0. The maximum Gasteiger partial charge on any atom is 0.221 e. The van der Waals surface area contributed by atoms with E-state index < -0.39 is 4.70 Å². The molecule has 0 fully saturated rings. The van der Waals surface area contributed by atoms with Gasteiger partial charge in [-0.2, -0.15) is 0 Å². The lowest BCUT2D eigenvalue weighted by atomic mass is 10.0. The normalized spacial score (nSPS) is 11.5. The van der Waals surface area contributed by atoms with Crippen molar-refractivity contribution >= 4 is 15.9 Å². The molecule has 4 heteroatoms. The molecule has 0 spiro atoms. The van der Waals surface area contributed by atoms with Gasteiger partial charge < -0.3 is 16.4 Å². The Morgan fingerprint density at radius 3 is 1.09 bits per heavy atom. The van der Waals surface area contributed by atoms with Gasteiger partial charge in [-0.25, -0.2) is 0 Å². The van der Waals surface area contributed by atoms with Gasteiger partial charge in [0.25, 0.3) is 0 Å². The van der Waals surface area contributed by atoms with Gasteiger partial charge in [0.1, 0.15) is 0 Å². The predicted octanol–water partition coefficient (Wildman–Crippen LogP) is 6.83. The molecule has 0 aliphatic heterocycles. The number of hydrogen-bond acceptors (Lipinski definition) is 3. The van der Waals surface area contributed by atoms with E-state index in [4.69, 9.17) is 10.2 Å². The Balaban J connectivity index is 0. The molecule has 0 heterocycles. The molecule has 0 radical (unpaired) electrons. The minimum atomic E-state index is -1.65. The monoisotopic (exact) mass is 395 g/mol. The lowest BCUT2D eigenvalue weighted by molar-refractivity contribution is -0.0753. The molecule has 0 aromatic rings. The summed E-state index contributed by atoms with van der Waals surface area (Å²) >= 11 is 2.83. The van der Waals surface area contributed by atoms with Crippen LogP contribution in [-0.4, -0.2) is 14.9 Å². The van der Waals surface area contributed by atoms with Crippen LogP contribution in [-0.2, 0) is 0 Å².